The largest absolute Gasteiger partial charge is 0.488 e. The Bertz CT molecular complexity index is 484. The van der Waals surface area contributed by atoms with Crippen LogP contribution in [0.5, 0.6) is 5.75 Å². The molecule has 0 fully saturated rings. The van der Waals surface area contributed by atoms with Crippen LogP contribution in [-0.4, -0.2) is 28.2 Å². The molecule has 0 N–H and O–H groups in total. The molecule has 1 aromatic rings. The first kappa shape index (κ1) is 14.3. The van der Waals surface area contributed by atoms with E-state index in [9.17, 15) is 8.42 Å². The second-order valence-electron chi connectivity index (χ2n) is 3.75. The second kappa shape index (κ2) is 5.71. The smallest absolute Gasteiger partial charge is 0.261 e. The van der Waals surface area contributed by atoms with Gasteiger partial charge in [-0.2, -0.15) is 0 Å². The summed E-state index contributed by atoms with van der Waals surface area (Å²) in [5.74, 6) is 0.624. The number of rotatable bonds is 5. The average molecular weight is 279 g/mol. The van der Waals surface area contributed by atoms with Crippen LogP contribution in [0.3, 0.4) is 0 Å². The highest BCUT2D eigenvalue weighted by Crippen LogP contribution is 2.24. The molecule has 1 unspecified atom stereocenters. The maximum Gasteiger partial charge on any atom is 0.261 e. The summed E-state index contributed by atoms with van der Waals surface area (Å²) in [7, 11) is 3.15. The van der Waals surface area contributed by atoms with Crippen molar-refractivity contribution in [3.05, 3.63) is 23.8 Å². The number of aryl methyl sites for hydroxylation is 1. The van der Waals surface area contributed by atoms with E-state index in [2.05, 4.69) is 0 Å². The summed E-state index contributed by atoms with van der Waals surface area (Å²) in [6.07, 6.45) is -0.0999. The van der Waals surface area contributed by atoms with E-state index in [1.54, 1.807) is 20.1 Å². The number of halogens is 1. The molecular weight excluding hydrogens is 264 g/mol. The first-order chi connectivity index (χ1) is 7.84. The van der Waals surface area contributed by atoms with Crippen molar-refractivity contribution in [1.82, 2.24) is 0 Å². The van der Waals surface area contributed by atoms with E-state index in [1.165, 1.54) is 12.1 Å². The fourth-order valence-corrected chi connectivity index (χ4v) is 2.23. The van der Waals surface area contributed by atoms with E-state index >= 15 is 0 Å². The highest BCUT2D eigenvalue weighted by Gasteiger charge is 2.13. The molecule has 17 heavy (non-hydrogen) atoms. The monoisotopic (exact) mass is 278 g/mol. The van der Waals surface area contributed by atoms with Gasteiger partial charge in [0.15, 0.2) is 0 Å². The van der Waals surface area contributed by atoms with Crippen molar-refractivity contribution in [2.45, 2.75) is 24.8 Å². The summed E-state index contributed by atoms with van der Waals surface area (Å²) in [6.45, 7) is 4.10. The van der Waals surface area contributed by atoms with Crippen LogP contribution in [0.4, 0.5) is 0 Å². The predicted molar refractivity (Wildman–Crippen MR) is 66.2 cm³/mol. The molecule has 0 aliphatic carbocycles. The molecule has 96 valence electrons. The van der Waals surface area contributed by atoms with Crippen molar-refractivity contribution in [3.8, 4) is 5.75 Å². The maximum absolute atomic E-state index is 11.1. The summed E-state index contributed by atoms with van der Waals surface area (Å²) in [5.41, 5.74) is 0.717. The fourth-order valence-electron chi connectivity index (χ4n) is 1.39. The summed E-state index contributed by atoms with van der Waals surface area (Å²) >= 11 is 0. The van der Waals surface area contributed by atoms with Gasteiger partial charge in [0.25, 0.3) is 9.05 Å². The molecule has 0 aromatic heterocycles. The Labute approximate surface area is 106 Å². The van der Waals surface area contributed by atoms with E-state index < -0.39 is 9.05 Å². The third kappa shape index (κ3) is 4.18. The van der Waals surface area contributed by atoms with Gasteiger partial charge in [-0.1, -0.05) is 0 Å². The lowest BCUT2D eigenvalue weighted by molar-refractivity contribution is 0.0916. The maximum atomic E-state index is 11.1. The number of methoxy groups -OCH3 is 1. The SMILES string of the molecule is COCC(C)Oc1ccc(S(=O)(=O)Cl)cc1C. The van der Waals surface area contributed by atoms with Gasteiger partial charge in [0.05, 0.1) is 11.5 Å². The minimum Gasteiger partial charge on any atom is -0.488 e. The molecule has 0 aliphatic rings. The van der Waals surface area contributed by atoms with Crippen molar-refractivity contribution in [2.75, 3.05) is 13.7 Å². The zero-order chi connectivity index (χ0) is 13.1. The van der Waals surface area contributed by atoms with Crippen molar-refractivity contribution >= 4 is 19.7 Å². The second-order valence-corrected chi connectivity index (χ2v) is 6.31. The molecule has 0 aliphatic heterocycles. The van der Waals surface area contributed by atoms with Gasteiger partial charge < -0.3 is 9.47 Å². The lowest BCUT2D eigenvalue weighted by Gasteiger charge is -2.15. The molecule has 0 saturated heterocycles. The molecular formula is C11H15ClO4S. The molecule has 0 amide bonds. The van der Waals surface area contributed by atoms with Crippen LogP contribution in [-0.2, 0) is 13.8 Å². The average Bonchev–Trinajstić information content (AvgIpc) is 2.20. The van der Waals surface area contributed by atoms with E-state index in [-0.39, 0.29) is 11.0 Å². The Morgan fingerprint density at radius 3 is 2.53 bits per heavy atom. The van der Waals surface area contributed by atoms with Gasteiger partial charge in [-0.05, 0) is 37.6 Å². The molecule has 6 heteroatoms. The van der Waals surface area contributed by atoms with Gasteiger partial charge in [0.1, 0.15) is 11.9 Å². The first-order valence-corrected chi connectivity index (χ1v) is 7.36. The minimum absolute atomic E-state index is 0.0726. The Kier molecular flexibility index (Phi) is 4.80. The summed E-state index contributed by atoms with van der Waals surface area (Å²) in [5, 5.41) is 0. The fraction of sp³-hybridized carbons (Fsp3) is 0.455. The summed E-state index contributed by atoms with van der Waals surface area (Å²) < 4.78 is 32.8. The molecule has 1 aromatic carbocycles. The third-order valence-electron chi connectivity index (χ3n) is 2.16. The Balaban J connectivity index is 2.91. The van der Waals surface area contributed by atoms with Gasteiger partial charge in [-0.3, -0.25) is 0 Å². The van der Waals surface area contributed by atoms with E-state index in [0.717, 1.165) is 5.56 Å². The lowest BCUT2D eigenvalue weighted by atomic mass is 10.2. The van der Waals surface area contributed by atoms with Gasteiger partial charge in [-0.15, -0.1) is 0 Å². The standard InChI is InChI=1S/C11H15ClO4S/c1-8-6-10(17(12,13)14)4-5-11(8)16-9(2)7-15-3/h4-6,9H,7H2,1-3H3. The Morgan fingerprint density at radius 2 is 2.06 bits per heavy atom. The Hall–Kier alpha value is -0.780. The molecule has 0 spiro atoms. The van der Waals surface area contributed by atoms with Gasteiger partial charge >= 0.3 is 0 Å². The lowest BCUT2D eigenvalue weighted by Crippen LogP contribution is -2.18. The molecule has 4 nitrogen and oxygen atoms in total. The molecule has 0 heterocycles. The van der Waals surface area contributed by atoms with Crippen molar-refractivity contribution < 1.29 is 17.9 Å². The number of benzene rings is 1. The number of hydrogen-bond acceptors (Lipinski definition) is 4. The van der Waals surface area contributed by atoms with Crippen LogP contribution in [0.15, 0.2) is 23.1 Å². The normalized spacial score (nSPS) is 13.4. The summed E-state index contributed by atoms with van der Waals surface area (Å²) in [4.78, 5) is 0.0726. The zero-order valence-electron chi connectivity index (χ0n) is 9.94. The summed E-state index contributed by atoms with van der Waals surface area (Å²) in [6, 6.07) is 4.50. The van der Waals surface area contributed by atoms with Crippen molar-refractivity contribution in [1.29, 1.82) is 0 Å². The van der Waals surface area contributed by atoms with Gasteiger partial charge in [0.2, 0.25) is 0 Å². The number of hydrogen-bond donors (Lipinski definition) is 0. The highest BCUT2D eigenvalue weighted by molar-refractivity contribution is 8.13. The molecule has 0 bridgehead atoms. The van der Waals surface area contributed by atoms with Crippen molar-refractivity contribution in [3.63, 3.8) is 0 Å². The molecule has 0 radical (unpaired) electrons. The van der Waals surface area contributed by atoms with E-state index in [0.29, 0.717) is 12.4 Å². The topological polar surface area (TPSA) is 52.6 Å². The zero-order valence-corrected chi connectivity index (χ0v) is 11.5. The van der Waals surface area contributed by atoms with E-state index in [4.69, 9.17) is 20.2 Å². The quantitative estimate of drug-likeness (QED) is 0.776. The first-order valence-electron chi connectivity index (χ1n) is 5.05. The molecule has 1 atom stereocenters. The van der Waals surface area contributed by atoms with Crippen LogP contribution in [0, 0.1) is 6.92 Å². The number of ether oxygens (including phenoxy) is 2. The van der Waals surface area contributed by atoms with Crippen LogP contribution in [0.25, 0.3) is 0 Å². The highest BCUT2D eigenvalue weighted by atomic mass is 35.7. The van der Waals surface area contributed by atoms with Crippen LogP contribution in [0.1, 0.15) is 12.5 Å². The van der Waals surface area contributed by atoms with Crippen molar-refractivity contribution in [2.24, 2.45) is 0 Å². The van der Waals surface area contributed by atoms with Crippen LogP contribution in [0.2, 0.25) is 0 Å². The molecule has 0 saturated carbocycles. The van der Waals surface area contributed by atoms with Crippen LogP contribution >= 0.6 is 10.7 Å². The van der Waals surface area contributed by atoms with Gasteiger partial charge in [-0.25, -0.2) is 8.42 Å². The van der Waals surface area contributed by atoms with Crippen LogP contribution < -0.4 is 4.74 Å². The molecule has 1 rings (SSSR count). The third-order valence-corrected chi connectivity index (χ3v) is 3.51. The van der Waals surface area contributed by atoms with E-state index in [1.807, 2.05) is 6.92 Å². The minimum atomic E-state index is -3.69. The van der Waals surface area contributed by atoms with Gasteiger partial charge in [0, 0.05) is 17.8 Å². The predicted octanol–water partition coefficient (Wildman–Crippen LogP) is 2.34. The Morgan fingerprint density at radius 1 is 1.41 bits per heavy atom.